The van der Waals surface area contributed by atoms with Gasteiger partial charge in [0.15, 0.2) is 16.5 Å². The third kappa shape index (κ3) is 6.16. The van der Waals surface area contributed by atoms with Crippen molar-refractivity contribution in [2.45, 2.75) is 17.5 Å². The van der Waals surface area contributed by atoms with E-state index in [1.54, 1.807) is 24.4 Å². The van der Waals surface area contributed by atoms with Gasteiger partial charge >= 0.3 is 6.18 Å². The van der Waals surface area contributed by atoms with Gasteiger partial charge in [-0.15, -0.1) is 11.3 Å². The summed E-state index contributed by atoms with van der Waals surface area (Å²) in [5, 5.41) is 4.93. The number of hydrogen-bond acceptors (Lipinski definition) is 8. The van der Waals surface area contributed by atoms with Crippen LogP contribution in [0.2, 0.25) is 0 Å². The molecule has 0 aliphatic rings. The number of halogens is 4. The van der Waals surface area contributed by atoms with Crippen molar-refractivity contribution in [2.75, 3.05) is 25.5 Å². The quantitative estimate of drug-likeness (QED) is 0.160. The lowest BCUT2D eigenvalue weighted by Gasteiger charge is -2.10. The van der Waals surface area contributed by atoms with Crippen molar-refractivity contribution in [1.82, 2.24) is 24.1 Å². The maximum atomic E-state index is 14.0. The Morgan fingerprint density at radius 1 is 1.05 bits per heavy atom. The molecule has 9 nitrogen and oxygen atoms in total. The third-order valence-corrected chi connectivity index (χ3v) is 8.24. The van der Waals surface area contributed by atoms with Crippen LogP contribution in [0, 0.1) is 5.82 Å². The average molecular weight is 607 g/mol. The Morgan fingerprint density at radius 2 is 1.83 bits per heavy atom. The topological polar surface area (TPSA) is 111 Å². The molecule has 5 aromatic rings. The molecule has 0 bridgehead atoms. The number of ether oxygens (including phenoxy) is 1. The van der Waals surface area contributed by atoms with Crippen LogP contribution < -0.4 is 14.8 Å². The van der Waals surface area contributed by atoms with Gasteiger partial charge in [-0.3, -0.25) is 4.40 Å². The van der Waals surface area contributed by atoms with Gasteiger partial charge in [-0.05, 0) is 55.0 Å². The number of alkyl halides is 3. The van der Waals surface area contributed by atoms with Crippen molar-refractivity contribution in [3.8, 4) is 28.4 Å². The maximum absolute atomic E-state index is 14.0. The molecule has 15 heteroatoms. The molecule has 2 N–H and O–H groups in total. The molecule has 0 saturated carbocycles. The highest BCUT2D eigenvalue weighted by atomic mass is 32.2. The van der Waals surface area contributed by atoms with Gasteiger partial charge in [-0.25, -0.2) is 32.5 Å². The van der Waals surface area contributed by atoms with Crippen LogP contribution in [0.5, 0.6) is 5.75 Å². The second kappa shape index (κ2) is 11.4. The number of nitrogens with zero attached hydrogens (tertiary/aromatic N) is 4. The van der Waals surface area contributed by atoms with Gasteiger partial charge in [0.2, 0.25) is 16.0 Å². The van der Waals surface area contributed by atoms with Crippen molar-refractivity contribution in [3.05, 3.63) is 77.7 Å². The molecule has 0 aliphatic heterocycles. The molecular formula is C26H22F4N6O3S2. The van der Waals surface area contributed by atoms with Gasteiger partial charge in [0.25, 0.3) is 0 Å². The molecule has 0 saturated heterocycles. The number of sulfonamides is 1. The lowest BCUT2D eigenvalue weighted by molar-refractivity contribution is -0.137. The first-order valence-corrected chi connectivity index (χ1v) is 14.5. The van der Waals surface area contributed by atoms with Gasteiger partial charge in [0, 0.05) is 36.4 Å². The normalized spacial score (nSPS) is 12.1. The summed E-state index contributed by atoms with van der Waals surface area (Å²) < 4.78 is 86.5. The second-order valence-corrected chi connectivity index (χ2v) is 11.3. The lowest BCUT2D eigenvalue weighted by Crippen LogP contribution is -2.26. The summed E-state index contributed by atoms with van der Waals surface area (Å²) in [6, 6.07) is 9.49. The minimum atomic E-state index is -4.55. The molecule has 0 aliphatic carbocycles. The van der Waals surface area contributed by atoms with E-state index in [9.17, 15) is 26.0 Å². The van der Waals surface area contributed by atoms with E-state index in [-0.39, 0.29) is 17.2 Å². The highest BCUT2D eigenvalue weighted by Gasteiger charge is 2.30. The fourth-order valence-corrected chi connectivity index (χ4v) is 5.80. The summed E-state index contributed by atoms with van der Waals surface area (Å²) >= 11 is 1.43. The van der Waals surface area contributed by atoms with Crippen LogP contribution >= 0.6 is 11.3 Å². The molecule has 3 aromatic heterocycles. The Labute approximate surface area is 235 Å². The minimum Gasteiger partial charge on any atom is -0.494 e. The van der Waals surface area contributed by atoms with E-state index in [4.69, 9.17) is 9.72 Å². The van der Waals surface area contributed by atoms with Crippen LogP contribution in [-0.2, 0) is 16.2 Å². The molecular weight excluding hydrogens is 584 g/mol. The van der Waals surface area contributed by atoms with E-state index in [0.717, 1.165) is 24.3 Å². The maximum Gasteiger partial charge on any atom is 0.416 e. The average Bonchev–Trinajstić information content (AvgIpc) is 3.55. The van der Waals surface area contributed by atoms with Gasteiger partial charge in [-0.1, -0.05) is 0 Å². The number of benzene rings is 2. The molecule has 3 heterocycles. The van der Waals surface area contributed by atoms with Crippen LogP contribution in [0.1, 0.15) is 12.0 Å². The molecule has 41 heavy (non-hydrogen) atoms. The zero-order valence-corrected chi connectivity index (χ0v) is 22.9. The Morgan fingerprint density at radius 3 is 2.56 bits per heavy atom. The summed E-state index contributed by atoms with van der Waals surface area (Å²) in [6.45, 7) is 0.339. The Balaban J connectivity index is 1.26. The predicted octanol–water partition coefficient (Wildman–Crippen LogP) is 5.47. The summed E-state index contributed by atoms with van der Waals surface area (Å²) in [6.07, 6.45) is -0.788. The van der Waals surface area contributed by atoms with Crippen LogP contribution in [0.25, 0.3) is 27.6 Å². The zero-order chi connectivity index (χ0) is 29.2. The van der Waals surface area contributed by atoms with E-state index in [2.05, 4.69) is 20.0 Å². The molecule has 0 amide bonds. The molecule has 0 spiro atoms. The molecule has 0 radical (unpaired) electrons. The van der Waals surface area contributed by atoms with Gasteiger partial charge in [-0.2, -0.15) is 13.2 Å². The molecule has 5 rings (SSSR count). The highest BCUT2D eigenvalue weighted by molar-refractivity contribution is 7.89. The smallest absolute Gasteiger partial charge is 0.416 e. The molecule has 0 unspecified atom stereocenters. The Kier molecular flexibility index (Phi) is 7.93. The number of nitrogens with one attached hydrogen (secondary N) is 2. The summed E-state index contributed by atoms with van der Waals surface area (Å²) in [7, 11) is -2.59. The largest absolute Gasteiger partial charge is 0.494 e. The fourth-order valence-electron chi connectivity index (χ4n) is 4.02. The zero-order valence-electron chi connectivity index (χ0n) is 21.3. The third-order valence-electron chi connectivity index (χ3n) is 6.01. The van der Waals surface area contributed by atoms with Gasteiger partial charge in [0.05, 0.1) is 29.0 Å². The number of thiazole rings is 1. The van der Waals surface area contributed by atoms with Crippen LogP contribution in [0.4, 0.5) is 23.5 Å². The van der Waals surface area contributed by atoms with Crippen LogP contribution in [0.15, 0.2) is 71.2 Å². The summed E-state index contributed by atoms with van der Waals surface area (Å²) in [5.41, 5.74) is 1.52. The van der Waals surface area contributed by atoms with Crippen molar-refractivity contribution in [2.24, 2.45) is 0 Å². The number of fused-ring (bicyclic) bond motifs is 1. The van der Waals surface area contributed by atoms with E-state index in [1.807, 2.05) is 16.0 Å². The molecule has 214 valence electrons. The number of hydrogen-bond donors (Lipinski definition) is 2. The Bertz CT molecular complexity index is 1790. The van der Waals surface area contributed by atoms with E-state index in [0.29, 0.717) is 46.5 Å². The molecule has 0 atom stereocenters. The van der Waals surface area contributed by atoms with E-state index >= 15 is 0 Å². The standard InChI is InChI=1S/C26H22F4N6O3S2/c1-39-21-15-16(3-8-19(21)27)22-23(36-13-14-40-25(36)35-22)20-9-12-32-24(34-20)31-10-2-11-33-41(37,38)18-6-4-17(5-7-18)26(28,29)30/h3-9,12-15,33H,2,10-11H2,1H3,(H,31,32,34). The van der Waals surface area contributed by atoms with Crippen molar-refractivity contribution >= 4 is 32.3 Å². The number of imidazole rings is 1. The van der Waals surface area contributed by atoms with Crippen molar-refractivity contribution in [1.29, 1.82) is 0 Å². The SMILES string of the molecule is COc1cc(-c2nc3sccn3c2-c2ccnc(NCCCNS(=O)(=O)c3ccc(C(F)(F)F)cc3)n2)ccc1F. The predicted molar refractivity (Wildman–Crippen MR) is 146 cm³/mol. The second-order valence-electron chi connectivity index (χ2n) is 8.68. The van der Waals surface area contributed by atoms with Gasteiger partial charge < -0.3 is 10.1 Å². The molecule has 0 fully saturated rings. The number of rotatable bonds is 10. The van der Waals surface area contributed by atoms with Gasteiger partial charge in [0.1, 0.15) is 5.69 Å². The first-order valence-electron chi connectivity index (χ1n) is 12.1. The monoisotopic (exact) mass is 606 g/mol. The van der Waals surface area contributed by atoms with Crippen LogP contribution in [-0.4, -0.2) is 48.0 Å². The van der Waals surface area contributed by atoms with Crippen molar-refractivity contribution < 1.29 is 30.7 Å². The van der Waals surface area contributed by atoms with E-state index in [1.165, 1.54) is 24.5 Å². The Hall–Kier alpha value is -4.08. The fraction of sp³-hybridized carbons (Fsp3) is 0.192. The van der Waals surface area contributed by atoms with Crippen molar-refractivity contribution in [3.63, 3.8) is 0 Å². The first kappa shape index (κ1) is 28.4. The number of aromatic nitrogens is 4. The summed E-state index contributed by atoms with van der Waals surface area (Å²) in [5.74, 6) is -0.112. The van der Waals surface area contributed by atoms with E-state index < -0.39 is 27.6 Å². The number of methoxy groups -OCH3 is 1. The number of anilines is 1. The molecule has 2 aromatic carbocycles. The summed E-state index contributed by atoms with van der Waals surface area (Å²) in [4.78, 5) is 14.0. The lowest BCUT2D eigenvalue weighted by atomic mass is 10.1. The van der Waals surface area contributed by atoms with Crippen LogP contribution in [0.3, 0.4) is 0 Å². The first-order chi connectivity index (χ1) is 19.6. The minimum absolute atomic E-state index is 0.0325. The highest BCUT2D eigenvalue weighted by Crippen LogP contribution is 2.35.